The molecule has 0 bridgehead atoms. The van der Waals surface area contributed by atoms with Crippen molar-refractivity contribution in [2.75, 3.05) is 7.05 Å². The fourth-order valence-electron chi connectivity index (χ4n) is 4.33. The van der Waals surface area contributed by atoms with Gasteiger partial charge >= 0.3 is 0 Å². The smallest absolute Gasteiger partial charge is 0.152 e. The zero-order valence-corrected chi connectivity index (χ0v) is 13.7. The van der Waals surface area contributed by atoms with Gasteiger partial charge in [-0.1, -0.05) is 17.7 Å². The number of carbonyl (C=O) groups excluding carboxylic acids is 1. The Labute approximate surface area is 131 Å². The summed E-state index contributed by atoms with van der Waals surface area (Å²) in [7, 11) is 1.97. The second-order valence-corrected chi connectivity index (χ2v) is 7.72. The number of rotatable bonds is 3. The zero-order valence-electron chi connectivity index (χ0n) is 12.8. The lowest BCUT2D eigenvalue weighted by molar-refractivity contribution is -0.129. The molecule has 0 aromatic heterocycles. The molecule has 1 heterocycles. The van der Waals surface area contributed by atoms with Gasteiger partial charge in [0.1, 0.15) is 4.75 Å². The van der Waals surface area contributed by atoms with E-state index < -0.39 is 10.9 Å². The molecule has 1 aliphatic heterocycles. The maximum Gasteiger partial charge on any atom is 0.152 e. The molecule has 21 heavy (non-hydrogen) atoms. The third-order valence-corrected chi connectivity index (χ3v) is 7.02. The second kappa shape index (κ2) is 5.90. The molecule has 3 nitrogen and oxygen atoms in total. The average Bonchev–Trinajstić information content (AvgIpc) is 2.88. The number of aliphatic hydroxyl groups is 1. The fourth-order valence-corrected chi connectivity index (χ4v) is 5.90. The Hall–Kier alpha value is -0.580. The Bertz CT molecular complexity index is 487. The van der Waals surface area contributed by atoms with Gasteiger partial charge in [0.25, 0.3) is 0 Å². The van der Waals surface area contributed by atoms with Crippen LogP contribution < -0.4 is 5.32 Å². The van der Waals surface area contributed by atoms with Crippen LogP contribution in [0.5, 0.6) is 0 Å². The van der Waals surface area contributed by atoms with E-state index in [2.05, 4.69) is 29.8 Å². The molecule has 2 N–H and O–H groups in total. The number of hydrogen-bond donors (Lipinski definition) is 2. The molecule has 1 unspecified atom stereocenters. The standard InChI is InChI=1S/C17H25NO2S/c1-11-10-21-17(16(20)12-6-4-3-5-7-12)14(19)9-8-13(18-2)15(11)17/h4,6,10,12-13,15-16,18,20H,3,5,7-9H2,1-2H3/t12-,13?,15-,16+,17+/m1/s1. The second-order valence-electron chi connectivity index (χ2n) is 6.58. The molecule has 0 spiro atoms. The van der Waals surface area contributed by atoms with Crippen LogP contribution in [0, 0.1) is 11.8 Å². The van der Waals surface area contributed by atoms with Crippen LogP contribution in [-0.4, -0.2) is 34.8 Å². The monoisotopic (exact) mass is 307 g/mol. The van der Waals surface area contributed by atoms with E-state index >= 15 is 0 Å². The van der Waals surface area contributed by atoms with E-state index in [4.69, 9.17) is 0 Å². The van der Waals surface area contributed by atoms with Crippen molar-refractivity contribution in [3.8, 4) is 0 Å². The summed E-state index contributed by atoms with van der Waals surface area (Å²) >= 11 is 1.58. The van der Waals surface area contributed by atoms with Crippen molar-refractivity contribution in [2.24, 2.45) is 11.8 Å². The number of nitrogens with one attached hydrogen (secondary N) is 1. The molecule has 116 valence electrons. The highest BCUT2D eigenvalue weighted by Crippen LogP contribution is 2.55. The molecule has 2 aliphatic carbocycles. The van der Waals surface area contributed by atoms with E-state index in [-0.39, 0.29) is 23.7 Å². The minimum atomic E-state index is -0.664. The van der Waals surface area contributed by atoms with Gasteiger partial charge in [0.15, 0.2) is 5.78 Å². The van der Waals surface area contributed by atoms with Gasteiger partial charge in [0.05, 0.1) is 6.10 Å². The van der Waals surface area contributed by atoms with Gasteiger partial charge < -0.3 is 10.4 Å². The minimum absolute atomic E-state index is 0.118. The van der Waals surface area contributed by atoms with Gasteiger partial charge in [-0.2, -0.15) is 0 Å². The first-order valence-corrected chi connectivity index (χ1v) is 8.89. The highest BCUT2D eigenvalue weighted by atomic mass is 32.2. The molecule has 0 radical (unpaired) electrons. The molecule has 4 heteroatoms. The Morgan fingerprint density at radius 2 is 2.29 bits per heavy atom. The summed E-state index contributed by atoms with van der Waals surface area (Å²) in [6.07, 6.45) is 8.35. The number of Topliss-reactive ketones (excluding diaryl/α,β-unsaturated/α-hetero) is 1. The predicted octanol–water partition coefficient (Wildman–Crippen LogP) is 2.66. The van der Waals surface area contributed by atoms with Crippen LogP contribution in [0.3, 0.4) is 0 Å². The lowest BCUT2D eigenvalue weighted by Gasteiger charge is -2.47. The first-order chi connectivity index (χ1) is 10.1. The number of fused-ring (bicyclic) bond motifs is 1. The molecule has 5 atom stereocenters. The zero-order chi connectivity index (χ0) is 15.0. The summed E-state index contributed by atoms with van der Waals surface area (Å²) in [6, 6.07) is 0.288. The van der Waals surface area contributed by atoms with Crippen molar-refractivity contribution in [3.05, 3.63) is 23.1 Å². The largest absolute Gasteiger partial charge is 0.391 e. The van der Waals surface area contributed by atoms with Gasteiger partial charge in [-0.15, -0.1) is 11.8 Å². The number of aliphatic hydroxyl groups excluding tert-OH is 1. The van der Waals surface area contributed by atoms with Crippen molar-refractivity contribution in [1.29, 1.82) is 0 Å². The van der Waals surface area contributed by atoms with Crippen LogP contribution in [0.4, 0.5) is 0 Å². The summed E-state index contributed by atoms with van der Waals surface area (Å²) in [6.45, 7) is 2.10. The van der Waals surface area contributed by atoms with Crippen LogP contribution in [0.25, 0.3) is 0 Å². The Kier molecular flexibility index (Phi) is 4.30. The number of carbonyl (C=O) groups is 1. The van der Waals surface area contributed by atoms with Crippen molar-refractivity contribution >= 4 is 17.5 Å². The number of allylic oxidation sites excluding steroid dienone is 1. The van der Waals surface area contributed by atoms with Crippen LogP contribution in [0.2, 0.25) is 0 Å². The normalized spacial score (nSPS) is 40.8. The lowest BCUT2D eigenvalue weighted by Crippen LogP contribution is -2.61. The molecular formula is C17H25NO2S. The Morgan fingerprint density at radius 3 is 2.95 bits per heavy atom. The van der Waals surface area contributed by atoms with Gasteiger partial charge in [-0.3, -0.25) is 4.79 Å². The van der Waals surface area contributed by atoms with E-state index in [0.717, 1.165) is 25.7 Å². The summed E-state index contributed by atoms with van der Waals surface area (Å²) in [4.78, 5) is 12.8. The van der Waals surface area contributed by atoms with Crippen molar-refractivity contribution in [1.82, 2.24) is 5.32 Å². The Morgan fingerprint density at radius 1 is 1.48 bits per heavy atom. The van der Waals surface area contributed by atoms with Gasteiger partial charge in [-0.05, 0) is 45.1 Å². The van der Waals surface area contributed by atoms with E-state index in [1.54, 1.807) is 11.8 Å². The van der Waals surface area contributed by atoms with Gasteiger partial charge in [0, 0.05) is 24.3 Å². The summed E-state index contributed by atoms with van der Waals surface area (Å²) in [5.74, 6) is 0.482. The lowest BCUT2D eigenvalue weighted by atomic mass is 9.66. The minimum Gasteiger partial charge on any atom is -0.391 e. The molecule has 0 aromatic rings. The molecule has 0 amide bonds. The van der Waals surface area contributed by atoms with Crippen LogP contribution in [0.15, 0.2) is 23.1 Å². The first kappa shape index (κ1) is 15.3. The molecule has 0 saturated heterocycles. The topological polar surface area (TPSA) is 49.3 Å². The van der Waals surface area contributed by atoms with Crippen LogP contribution in [0.1, 0.15) is 39.0 Å². The third-order valence-electron chi connectivity index (χ3n) is 5.42. The number of thioether (sulfide) groups is 1. The fraction of sp³-hybridized carbons (Fsp3) is 0.706. The quantitative estimate of drug-likeness (QED) is 0.787. The summed E-state index contributed by atoms with van der Waals surface area (Å²) in [5, 5.41) is 16.6. The van der Waals surface area contributed by atoms with E-state index in [1.807, 2.05) is 7.05 Å². The maximum absolute atomic E-state index is 12.8. The van der Waals surface area contributed by atoms with Crippen molar-refractivity contribution in [2.45, 2.75) is 55.9 Å². The molecule has 0 aromatic carbocycles. The van der Waals surface area contributed by atoms with E-state index in [1.165, 1.54) is 5.57 Å². The number of hydrogen-bond acceptors (Lipinski definition) is 4. The van der Waals surface area contributed by atoms with Crippen molar-refractivity contribution in [3.63, 3.8) is 0 Å². The SMILES string of the molecule is CNC1CCC(=O)[C@]2([C@@H](O)[C@@H]3C=CCCC3)SC=C(C)[C@H]12. The molecular weight excluding hydrogens is 282 g/mol. The third kappa shape index (κ3) is 2.32. The molecule has 3 rings (SSSR count). The Balaban J connectivity index is 1.96. The van der Waals surface area contributed by atoms with Crippen LogP contribution in [-0.2, 0) is 4.79 Å². The van der Waals surface area contributed by atoms with Gasteiger partial charge in [0.2, 0.25) is 0 Å². The molecule has 1 fully saturated rings. The summed E-state index contributed by atoms with van der Waals surface area (Å²) < 4.78 is -0.664. The molecule has 3 aliphatic rings. The highest BCUT2D eigenvalue weighted by molar-refractivity contribution is 8.04. The van der Waals surface area contributed by atoms with Crippen LogP contribution >= 0.6 is 11.8 Å². The van der Waals surface area contributed by atoms with E-state index in [9.17, 15) is 9.90 Å². The number of ketones is 1. The molecule has 1 saturated carbocycles. The predicted molar refractivity (Wildman–Crippen MR) is 87.1 cm³/mol. The highest BCUT2D eigenvalue weighted by Gasteiger charge is 2.59. The average molecular weight is 307 g/mol. The van der Waals surface area contributed by atoms with Crippen molar-refractivity contribution < 1.29 is 9.90 Å². The first-order valence-electron chi connectivity index (χ1n) is 8.01. The maximum atomic E-state index is 12.8. The van der Waals surface area contributed by atoms with Gasteiger partial charge in [-0.25, -0.2) is 0 Å². The summed E-state index contributed by atoms with van der Waals surface area (Å²) in [5.41, 5.74) is 1.24. The van der Waals surface area contributed by atoms with E-state index in [0.29, 0.717) is 6.42 Å².